The maximum Gasteiger partial charge on any atom is 0.0186 e. The van der Waals surface area contributed by atoms with E-state index in [4.69, 9.17) is 5.73 Å². The van der Waals surface area contributed by atoms with Gasteiger partial charge >= 0.3 is 0 Å². The molecule has 0 bridgehead atoms. The Labute approximate surface area is 118 Å². The van der Waals surface area contributed by atoms with E-state index in [9.17, 15) is 0 Å². The number of nitrogens with two attached hydrogens (primary N) is 1. The number of hydrogen-bond acceptors (Lipinski definition) is 2. The molecule has 0 heterocycles. The summed E-state index contributed by atoms with van der Waals surface area (Å²) < 4.78 is 1.13. The maximum atomic E-state index is 6.22. The third kappa shape index (κ3) is 5.94. The van der Waals surface area contributed by atoms with Gasteiger partial charge < -0.3 is 5.73 Å². The molecule has 2 N–H and O–H groups in total. The minimum atomic E-state index is 0.279. The second-order valence-electron chi connectivity index (χ2n) is 5.04. The Bertz CT molecular complexity index is 341. The zero-order valence-electron chi connectivity index (χ0n) is 10.8. The Balaban J connectivity index is 2.39. The molecule has 0 aliphatic heterocycles. The summed E-state index contributed by atoms with van der Waals surface area (Å²) in [6.07, 6.45) is 1.21. The largest absolute Gasteiger partial charge is 0.327 e. The van der Waals surface area contributed by atoms with Gasteiger partial charge in [0.05, 0.1) is 0 Å². The van der Waals surface area contributed by atoms with Crippen molar-refractivity contribution in [3.8, 4) is 0 Å². The Kier molecular flexibility index (Phi) is 6.60. The van der Waals surface area contributed by atoms with Crippen LogP contribution in [0.3, 0.4) is 0 Å². The lowest BCUT2D eigenvalue weighted by Crippen LogP contribution is -2.31. The van der Waals surface area contributed by atoms with Crippen LogP contribution in [0.2, 0.25) is 0 Å². The number of benzene rings is 1. The first-order valence-electron chi connectivity index (χ1n) is 6.13. The van der Waals surface area contributed by atoms with Crippen LogP contribution in [0, 0.1) is 11.8 Å². The Morgan fingerprint density at radius 3 is 2.59 bits per heavy atom. The van der Waals surface area contributed by atoms with Crippen molar-refractivity contribution in [3.05, 3.63) is 28.7 Å². The second-order valence-corrected chi connectivity index (χ2v) is 7.05. The number of hydrogen-bond donors (Lipinski definition) is 1. The third-order valence-corrected chi connectivity index (χ3v) is 4.44. The molecule has 2 unspecified atom stereocenters. The van der Waals surface area contributed by atoms with Crippen molar-refractivity contribution in [2.24, 2.45) is 17.6 Å². The smallest absolute Gasteiger partial charge is 0.0186 e. The minimum Gasteiger partial charge on any atom is -0.327 e. The average molecular weight is 316 g/mol. The summed E-state index contributed by atoms with van der Waals surface area (Å²) in [5.74, 6) is 2.31. The fraction of sp³-hybridized carbons (Fsp3) is 0.571. The number of thioether (sulfide) groups is 1. The molecular weight excluding hydrogens is 294 g/mol. The van der Waals surface area contributed by atoms with Crippen LogP contribution < -0.4 is 5.73 Å². The molecule has 1 aromatic carbocycles. The van der Waals surface area contributed by atoms with E-state index in [1.807, 2.05) is 17.8 Å². The Morgan fingerprint density at radius 2 is 2.00 bits per heavy atom. The highest BCUT2D eigenvalue weighted by molar-refractivity contribution is 9.10. The van der Waals surface area contributed by atoms with E-state index in [2.05, 4.69) is 54.9 Å². The molecular formula is C14H22BrNS. The van der Waals surface area contributed by atoms with Crippen molar-refractivity contribution in [1.82, 2.24) is 0 Å². The molecule has 0 amide bonds. The van der Waals surface area contributed by atoms with Crippen LogP contribution in [0.1, 0.15) is 27.2 Å². The lowest BCUT2D eigenvalue weighted by atomic mass is 9.94. The summed E-state index contributed by atoms with van der Waals surface area (Å²) in [4.78, 5) is 1.28. The van der Waals surface area contributed by atoms with E-state index in [1.165, 1.54) is 11.3 Å². The molecule has 0 aliphatic carbocycles. The molecule has 1 aromatic rings. The van der Waals surface area contributed by atoms with Gasteiger partial charge in [-0.25, -0.2) is 0 Å². The molecule has 1 rings (SSSR count). The van der Waals surface area contributed by atoms with Gasteiger partial charge in [0, 0.05) is 21.2 Å². The highest BCUT2D eigenvalue weighted by atomic mass is 79.9. The van der Waals surface area contributed by atoms with E-state index in [0.717, 1.165) is 16.1 Å². The number of halogens is 1. The van der Waals surface area contributed by atoms with Crippen LogP contribution in [0.5, 0.6) is 0 Å². The highest BCUT2D eigenvalue weighted by Crippen LogP contribution is 2.24. The van der Waals surface area contributed by atoms with Gasteiger partial charge in [-0.05, 0) is 36.5 Å². The zero-order valence-corrected chi connectivity index (χ0v) is 13.2. The van der Waals surface area contributed by atoms with Gasteiger partial charge in [-0.3, -0.25) is 0 Å². The molecule has 0 aromatic heterocycles. The molecule has 3 heteroatoms. The van der Waals surface area contributed by atoms with E-state index in [1.54, 1.807) is 0 Å². The van der Waals surface area contributed by atoms with Gasteiger partial charge in [-0.15, -0.1) is 11.8 Å². The van der Waals surface area contributed by atoms with Crippen molar-refractivity contribution < 1.29 is 0 Å². The first-order chi connectivity index (χ1) is 7.99. The Morgan fingerprint density at radius 1 is 1.29 bits per heavy atom. The van der Waals surface area contributed by atoms with E-state index in [0.29, 0.717) is 5.92 Å². The molecule has 17 heavy (non-hydrogen) atoms. The summed E-state index contributed by atoms with van der Waals surface area (Å²) in [6.45, 7) is 6.77. The standard InChI is InChI=1S/C14H22BrNS/c1-10(2)7-11(3)14(16)9-17-13-6-4-5-12(15)8-13/h4-6,8,10-11,14H,7,9,16H2,1-3H3. The van der Waals surface area contributed by atoms with Crippen molar-refractivity contribution in [1.29, 1.82) is 0 Å². The van der Waals surface area contributed by atoms with Crippen molar-refractivity contribution in [2.75, 3.05) is 5.75 Å². The summed E-state index contributed by atoms with van der Waals surface area (Å²) in [5, 5.41) is 0. The summed E-state index contributed by atoms with van der Waals surface area (Å²) >= 11 is 5.33. The fourth-order valence-electron chi connectivity index (χ4n) is 1.83. The van der Waals surface area contributed by atoms with Gasteiger partial charge in [0.2, 0.25) is 0 Å². The normalized spacial score (nSPS) is 14.9. The van der Waals surface area contributed by atoms with Gasteiger partial charge in [-0.2, -0.15) is 0 Å². The molecule has 2 atom stereocenters. The molecule has 0 saturated carbocycles. The summed E-state index contributed by atoms with van der Waals surface area (Å²) in [7, 11) is 0. The SMILES string of the molecule is CC(C)CC(C)C(N)CSc1cccc(Br)c1. The lowest BCUT2D eigenvalue weighted by molar-refractivity contribution is 0.391. The molecule has 0 saturated heterocycles. The molecule has 96 valence electrons. The van der Waals surface area contributed by atoms with Gasteiger partial charge in [0.1, 0.15) is 0 Å². The molecule has 0 spiro atoms. The molecule has 0 aliphatic rings. The van der Waals surface area contributed by atoms with Gasteiger partial charge in [0.15, 0.2) is 0 Å². The third-order valence-electron chi connectivity index (χ3n) is 2.81. The van der Waals surface area contributed by atoms with E-state index >= 15 is 0 Å². The quantitative estimate of drug-likeness (QED) is 0.779. The Hall–Kier alpha value is 0.01000. The predicted octanol–water partition coefficient (Wildman–Crippen LogP) is 4.55. The fourth-order valence-corrected chi connectivity index (χ4v) is 3.48. The zero-order chi connectivity index (χ0) is 12.8. The van der Waals surface area contributed by atoms with Crippen LogP contribution in [0.4, 0.5) is 0 Å². The monoisotopic (exact) mass is 315 g/mol. The van der Waals surface area contributed by atoms with Crippen LogP contribution in [0.15, 0.2) is 33.6 Å². The van der Waals surface area contributed by atoms with Gasteiger partial charge in [-0.1, -0.05) is 42.8 Å². The minimum absolute atomic E-state index is 0.279. The van der Waals surface area contributed by atoms with Crippen molar-refractivity contribution in [3.63, 3.8) is 0 Å². The van der Waals surface area contributed by atoms with Gasteiger partial charge in [0.25, 0.3) is 0 Å². The molecule has 0 fully saturated rings. The highest BCUT2D eigenvalue weighted by Gasteiger charge is 2.14. The molecule has 0 radical (unpaired) electrons. The predicted molar refractivity (Wildman–Crippen MR) is 81.5 cm³/mol. The summed E-state index contributed by atoms with van der Waals surface area (Å²) in [5.41, 5.74) is 6.22. The molecule has 1 nitrogen and oxygen atoms in total. The van der Waals surface area contributed by atoms with E-state index < -0.39 is 0 Å². The van der Waals surface area contributed by atoms with E-state index in [-0.39, 0.29) is 6.04 Å². The first kappa shape index (κ1) is 15.1. The first-order valence-corrected chi connectivity index (χ1v) is 7.91. The van der Waals surface area contributed by atoms with Crippen molar-refractivity contribution in [2.45, 2.75) is 38.1 Å². The number of rotatable bonds is 6. The lowest BCUT2D eigenvalue weighted by Gasteiger charge is -2.21. The van der Waals surface area contributed by atoms with Crippen LogP contribution in [-0.4, -0.2) is 11.8 Å². The second kappa shape index (κ2) is 7.45. The average Bonchev–Trinajstić information content (AvgIpc) is 2.25. The van der Waals surface area contributed by atoms with Crippen LogP contribution in [-0.2, 0) is 0 Å². The summed E-state index contributed by atoms with van der Waals surface area (Å²) in [6, 6.07) is 8.67. The van der Waals surface area contributed by atoms with Crippen LogP contribution >= 0.6 is 27.7 Å². The van der Waals surface area contributed by atoms with Crippen LogP contribution in [0.25, 0.3) is 0 Å². The maximum absolute atomic E-state index is 6.22. The van der Waals surface area contributed by atoms with Crippen molar-refractivity contribution >= 4 is 27.7 Å². The topological polar surface area (TPSA) is 26.0 Å².